The summed E-state index contributed by atoms with van der Waals surface area (Å²) in [6.07, 6.45) is 0.492. The summed E-state index contributed by atoms with van der Waals surface area (Å²) in [6.45, 7) is 12.5. The van der Waals surface area contributed by atoms with E-state index in [2.05, 4.69) is 81.2 Å². The number of nitrogens with zero attached hydrogens (tertiary/aromatic N) is 1. The molecule has 2 aromatic carbocycles. The first-order chi connectivity index (χ1) is 12.3. The van der Waals surface area contributed by atoms with E-state index in [1.807, 2.05) is 18.2 Å². The molecule has 0 aliphatic heterocycles. The van der Waals surface area contributed by atoms with Gasteiger partial charge < -0.3 is 5.32 Å². The maximum Gasteiger partial charge on any atom is 0.225 e. The van der Waals surface area contributed by atoms with Gasteiger partial charge in [0.2, 0.25) is 5.91 Å². The fraction of sp³-hybridized carbons (Fsp3) is 0.435. The molecule has 3 heteroatoms. The Balaban J connectivity index is 1.88. The van der Waals surface area contributed by atoms with Gasteiger partial charge in [0.1, 0.15) is 0 Å². The van der Waals surface area contributed by atoms with Crippen LogP contribution in [0.1, 0.15) is 52.2 Å². The summed E-state index contributed by atoms with van der Waals surface area (Å²) in [5, 5.41) is 3.01. The second-order valence-electron chi connectivity index (χ2n) is 8.18. The quantitative estimate of drug-likeness (QED) is 0.740. The van der Waals surface area contributed by atoms with Gasteiger partial charge in [-0.25, -0.2) is 0 Å². The minimum Gasteiger partial charge on any atom is -0.326 e. The van der Waals surface area contributed by atoms with Gasteiger partial charge in [-0.15, -0.1) is 0 Å². The molecule has 0 aromatic heterocycles. The van der Waals surface area contributed by atoms with Gasteiger partial charge in [-0.2, -0.15) is 0 Å². The third-order valence-electron chi connectivity index (χ3n) is 4.62. The minimum absolute atomic E-state index is 0.0622. The summed E-state index contributed by atoms with van der Waals surface area (Å²) in [7, 11) is 0. The second kappa shape index (κ2) is 9.00. The molecule has 140 valence electrons. The van der Waals surface area contributed by atoms with Crippen LogP contribution in [0.4, 0.5) is 5.69 Å². The van der Waals surface area contributed by atoms with Crippen molar-refractivity contribution < 1.29 is 4.79 Å². The normalized spacial score (nSPS) is 11.8. The van der Waals surface area contributed by atoms with Gasteiger partial charge in [0.15, 0.2) is 0 Å². The van der Waals surface area contributed by atoms with Crippen LogP contribution in [0.25, 0.3) is 0 Å². The topological polar surface area (TPSA) is 32.3 Å². The van der Waals surface area contributed by atoms with Crippen LogP contribution >= 0.6 is 0 Å². The van der Waals surface area contributed by atoms with E-state index in [1.54, 1.807) is 0 Å². The molecule has 0 saturated carbocycles. The maximum absolute atomic E-state index is 12.3. The highest BCUT2D eigenvalue weighted by molar-refractivity contribution is 5.90. The lowest BCUT2D eigenvalue weighted by molar-refractivity contribution is -0.116. The summed E-state index contributed by atoms with van der Waals surface area (Å²) < 4.78 is 0. The number of carbonyl (C=O) groups excluding carboxylic acids is 1. The van der Waals surface area contributed by atoms with Crippen LogP contribution in [0, 0.1) is 0 Å². The van der Waals surface area contributed by atoms with Crippen molar-refractivity contribution in [1.29, 1.82) is 0 Å². The molecular formula is C23H32N2O. The van der Waals surface area contributed by atoms with Crippen molar-refractivity contribution in [2.45, 2.75) is 59.0 Å². The first-order valence-electron chi connectivity index (χ1n) is 9.44. The van der Waals surface area contributed by atoms with Crippen LogP contribution in [-0.2, 0) is 16.8 Å². The predicted molar refractivity (Wildman–Crippen MR) is 110 cm³/mol. The van der Waals surface area contributed by atoms with Crippen LogP contribution in [0.5, 0.6) is 0 Å². The molecule has 0 fully saturated rings. The standard InChI is InChI=1S/C23H32N2O/c1-18(2)25(17-19-9-7-6-8-10-19)16-15-22(26)24-21-13-11-20(12-14-21)23(3,4)5/h6-14,18H,15-17H2,1-5H3,(H,24,26). The van der Waals surface area contributed by atoms with Gasteiger partial charge in [-0.05, 0) is 42.5 Å². The lowest BCUT2D eigenvalue weighted by atomic mass is 9.87. The molecule has 2 rings (SSSR count). The van der Waals surface area contributed by atoms with Gasteiger partial charge in [-0.3, -0.25) is 9.69 Å². The van der Waals surface area contributed by atoms with E-state index in [4.69, 9.17) is 0 Å². The molecule has 0 unspecified atom stereocenters. The van der Waals surface area contributed by atoms with Gasteiger partial charge in [-0.1, -0.05) is 63.2 Å². The molecule has 0 atom stereocenters. The highest BCUT2D eigenvalue weighted by Crippen LogP contribution is 2.23. The number of hydrogen-bond donors (Lipinski definition) is 1. The molecule has 0 bridgehead atoms. The Hall–Kier alpha value is -2.13. The Morgan fingerprint density at radius 3 is 2.15 bits per heavy atom. The van der Waals surface area contributed by atoms with Gasteiger partial charge in [0.05, 0.1) is 0 Å². The molecule has 3 nitrogen and oxygen atoms in total. The monoisotopic (exact) mass is 352 g/mol. The predicted octanol–water partition coefficient (Wildman–Crippen LogP) is 5.22. The van der Waals surface area contributed by atoms with Crippen molar-refractivity contribution in [3.8, 4) is 0 Å². The number of amides is 1. The average Bonchev–Trinajstić information content (AvgIpc) is 2.59. The Morgan fingerprint density at radius 1 is 1.00 bits per heavy atom. The van der Waals surface area contributed by atoms with E-state index in [1.165, 1.54) is 11.1 Å². The van der Waals surface area contributed by atoms with Gasteiger partial charge in [0.25, 0.3) is 0 Å². The summed E-state index contributed by atoms with van der Waals surface area (Å²) in [6, 6.07) is 19.0. The summed E-state index contributed by atoms with van der Waals surface area (Å²) in [5.41, 5.74) is 3.53. The molecule has 0 aliphatic carbocycles. The summed E-state index contributed by atoms with van der Waals surface area (Å²) in [5.74, 6) is 0.0622. The molecule has 0 radical (unpaired) electrons. The number of nitrogens with one attached hydrogen (secondary N) is 1. The maximum atomic E-state index is 12.3. The van der Waals surface area contributed by atoms with E-state index >= 15 is 0 Å². The smallest absolute Gasteiger partial charge is 0.225 e. The molecule has 1 amide bonds. The van der Waals surface area contributed by atoms with E-state index in [-0.39, 0.29) is 11.3 Å². The fourth-order valence-electron chi connectivity index (χ4n) is 2.86. The van der Waals surface area contributed by atoms with Gasteiger partial charge >= 0.3 is 0 Å². The van der Waals surface area contributed by atoms with Gasteiger partial charge in [0, 0.05) is 31.2 Å². The van der Waals surface area contributed by atoms with E-state index in [0.717, 1.165) is 18.8 Å². The SMILES string of the molecule is CC(C)N(CCC(=O)Nc1ccc(C(C)(C)C)cc1)Cc1ccccc1. The lowest BCUT2D eigenvalue weighted by Gasteiger charge is -2.26. The molecule has 0 saturated heterocycles. The minimum atomic E-state index is 0.0622. The third kappa shape index (κ3) is 6.30. The fourth-order valence-corrected chi connectivity index (χ4v) is 2.86. The van der Waals surface area contributed by atoms with Crippen molar-refractivity contribution in [2.75, 3.05) is 11.9 Å². The highest BCUT2D eigenvalue weighted by atomic mass is 16.1. The van der Waals surface area contributed by atoms with Crippen LogP contribution in [-0.4, -0.2) is 23.4 Å². The highest BCUT2D eigenvalue weighted by Gasteiger charge is 2.14. The third-order valence-corrected chi connectivity index (χ3v) is 4.62. The van der Waals surface area contributed by atoms with Crippen molar-refractivity contribution >= 4 is 11.6 Å². The number of anilines is 1. The van der Waals surface area contributed by atoms with E-state index < -0.39 is 0 Å². The Labute approximate surface area is 158 Å². The number of carbonyl (C=O) groups is 1. The van der Waals surface area contributed by atoms with E-state index in [0.29, 0.717) is 12.5 Å². The number of hydrogen-bond acceptors (Lipinski definition) is 2. The molecule has 2 aromatic rings. The van der Waals surface area contributed by atoms with Crippen LogP contribution in [0.15, 0.2) is 54.6 Å². The van der Waals surface area contributed by atoms with Crippen LogP contribution in [0.2, 0.25) is 0 Å². The molecule has 26 heavy (non-hydrogen) atoms. The zero-order chi connectivity index (χ0) is 19.2. The Kier molecular flexibility index (Phi) is 6.98. The van der Waals surface area contributed by atoms with Crippen molar-refractivity contribution in [1.82, 2.24) is 4.90 Å². The first-order valence-corrected chi connectivity index (χ1v) is 9.44. The Morgan fingerprint density at radius 2 is 1.62 bits per heavy atom. The van der Waals surface area contributed by atoms with Crippen LogP contribution < -0.4 is 5.32 Å². The molecule has 0 heterocycles. The summed E-state index contributed by atoms with van der Waals surface area (Å²) >= 11 is 0. The lowest BCUT2D eigenvalue weighted by Crippen LogP contribution is -2.33. The average molecular weight is 353 g/mol. The zero-order valence-corrected chi connectivity index (χ0v) is 16.8. The summed E-state index contributed by atoms with van der Waals surface area (Å²) in [4.78, 5) is 14.7. The molecular weight excluding hydrogens is 320 g/mol. The van der Waals surface area contributed by atoms with Crippen molar-refractivity contribution in [3.05, 3.63) is 65.7 Å². The zero-order valence-electron chi connectivity index (χ0n) is 16.8. The Bertz CT molecular complexity index is 684. The largest absolute Gasteiger partial charge is 0.326 e. The molecule has 0 aliphatic rings. The number of rotatable bonds is 7. The second-order valence-corrected chi connectivity index (χ2v) is 8.18. The molecule has 1 N–H and O–H groups in total. The van der Waals surface area contributed by atoms with E-state index in [9.17, 15) is 4.79 Å². The first kappa shape index (κ1) is 20.2. The van der Waals surface area contributed by atoms with Crippen LogP contribution in [0.3, 0.4) is 0 Å². The van der Waals surface area contributed by atoms with Crippen molar-refractivity contribution in [2.24, 2.45) is 0 Å². The molecule has 0 spiro atoms. The van der Waals surface area contributed by atoms with Crippen molar-refractivity contribution in [3.63, 3.8) is 0 Å². The number of benzene rings is 2.